The van der Waals surface area contributed by atoms with Crippen molar-refractivity contribution in [3.8, 4) is 0 Å². The van der Waals surface area contributed by atoms with Crippen molar-refractivity contribution in [3.63, 3.8) is 0 Å². The summed E-state index contributed by atoms with van der Waals surface area (Å²) in [6, 6.07) is 14.5. The van der Waals surface area contributed by atoms with Gasteiger partial charge in [-0.3, -0.25) is 19.7 Å². The largest absolute Gasteiger partial charge is 0.481 e. The highest BCUT2D eigenvalue weighted by atomic mass is 16.6. The number of hydrogen-bond donors (Lipinski definition) is 3. The molecule has 0 fully saturated rings. The number of nitrogens with one attached hydrogen (secondary N) is 2. The Labute approximate surface area is 162 Å². The number of carbonyl (C=O) groups is 2. The maximum absolute atomic E-state index is 12.3. The maximum Gasteiger partial charge on any atom is 0.308 e. The first-order valence-corrected chi connectivity index (χ1v) is 8.94. The summed E-state index contributed by atoms with van der Waals surface area (Å²) in [7, 11) is 0. The second-order valence-corrected chi connectivity index (χ2v) is 6.42. The summed E-state index contributed by atoms with van der Waals surface area (Å²) < 4.78 is 0. The number of anilines is 1. The van der Waals surface area contributed by atoms with Gasteiger partial charge < -0.3 is 15.7 Å². The normalized spacial score (nSPS) is 12.6. The third kappa shape index (κ3) is 6.08. The molecule has 3 N–H and O–H groups in total. The van der Waals surface area contributed by atoms with Gasteiger partial charge in [0.05, 0.1) is 16.9 Å². The van der Waals surface area contributed by atoms with Gasteiger partial charge in [-0.1, -0.05) is 30.3 Å². The van der Waals surface area contributed by atoms with Crippen LogP contribution in [-0.4, -0.2) is 28.5 Å². The van der Waals surface area contributed by atoms with E-state index in [1.54, 1.807) is 43.3 Å². The maximum atomic E-state index is 12.3. The van der Waals surface area contributed by atoms with Gasteiger partial charge in [-0.05, 0) is 31.0 Å². The van der Waals surface area contributed by atoms with Gasteiger partial charge in [0.15, 0.2) is 0 Å². The van der Waals surface area contributed by atoms with Gasteiger partial charge in [0.1, 0.15) is 0 Å². The lowest BCUT2D eigenvalue weighted by Crippen LogP contribution is -2.35. The molecule has 8 nitrogen and oxygen atoms in total. The molecule has 148 valence electrons. The smallest absolute Gasteiger partial charge is 0.308 e. The van der Waals surface area contributed by atoms with E-state index in [2.05, 4.69) is 10.6 Å². The molecule has 2 atom stereocenters. The van der Waals surface area contributed by atoms with E-state index in [9.17, 15) is 24.8 Å². The van der Waals surface area contributed by atoms with E-state index < -0.39 is 22.9 Å². The Hall–Kier alpha value is -3.42. The van der Waals surface area contributed by atoms with Crippen LogP contribution in [0.1, 0.15) is 31.4 Å². The molecule has 2 rings (SSSR count). The SMILES string of the molecule is CC(C(=O)O)C(NC(=O)CCCNc1ccc([N+](=O)[O-])cc1)c1ccccc1. The molecule has 2 aromatic rings. The van der Waals surface area contributed by atoms with E-state index in [-0.39, 0.29) is 18.0 Å². The zero-order valence-corrected chi connectivity index (χ0v) is 15.5. The minimum absolute atomic E-state index is 0.0180. The van der Waals surface area contributed by atoms with Crippen LogP contribution in [0.2, 0.25) is 0 Å². The van der Waals surface area contributed by atoms with Gasteiger partial charge in [-0.25, -0.2) is 0 Å². The minimum Gasteiger partial charge on any atom is -0.481 e. The number of rotatable bonds is 10. The molecule has 0 aliphatic rings. The summed E-state index contributed by atoms with van der Waals surface area (Å²) in [4.78, 5) is 33.8. The molecule has 0 bridgehead atoms. The Kier molecular flexibility index (Phi) is 7.50. The van der Waals surface area contributed by atoms with E-state index >= 15 is 0 Å². The zero-order chi connectivity index (χ0) is 20.5. The number of non-ortho nitro benzene ring substituents is 1. The molecule has 0 aromatic heterocycles. The average Bonchev–Trinajstić information content (AvgIpc) is 2.69. The number of nitro benzene ring substituents is 1. The van der Waals surface area contributed by atoms with E-state index in [1.165, 1.54) is 12.1 Å². The van der Waals surface area contributed by atoms with Gasteiger partial charge in [0, 0.05) is 30.8 Å². The molecule has 2 unspecified atom stereocenters. The molecule has 1 amide bonds. The van der Waals surface area contributed by atoms with Crippen molar-refractivity contribution in [1.82, 2.24) is 5.32 Å². The Balaban J connectivity index is 1.84. The minimum atomic E-state index is -0.978. The predicted molar refractivity (Wildman–Crippen MR) is 105 cm³/mol. The highest BCUT2D eigenvalue weighted by Gasteiger charge is 2.26. The molecule has 0 aliphatic carbocycles. The number of nitro groups is 1. The van der Waals surface area contributed by atoms with Gasteiger partial charge >= 0.3 is 5.97 Å². The second kappa shape index (κ2) is 10.1. The first-order chi connectivity index (χ1) is 13.4. The highest BCUT2D eigenvalue weighted by Crippen LogP contribution is 2.22. The Morgan fingerprint density at radius 2 is 1.75 bits per heavy atom. The van der Waals surface area contributed by atoms with Gasteiger partial charge in [0.2, 0.25) is 5.91 Å². The number of nitrogens with zero attached hydrogens (tertiary/aromatic N) is 1. The first-order valence-electron chi connectivity index (χ1n) is 8.94. The summed E-state index contributed by atoms with van der Waals surface area (Å²) in [5.74, 6) is -1.97. The fourth-order valence-corrected chi connectivity index (χ4v) is 2.73. The fraction of sp³-hybridized carbons (Fsp3) is 0.300. The quantitative estimate of drug-likeness (QED) is 0.327. The van der Waals surface area contributed by atoms with Gasteiger partial charge in [-0.2, -0.15) is 0 Å². The van der Waals surface area contributed by atoms with Crippen LogP contribution >= 0.6 is 0 Å². The summed E-state index contributed by atoms with van der Waals surface area (Å²) in [5, 5.41) is 25.9. The van der Waals surface area contributed by atoms with Crippen molar-refractivity contribution in [3.05, 3.63) is 70.3 Å². The average molecular weight is 385 g/mol. The number of carbonyl (C=O) groups excluding carboxylic acids is 1. The van der Waals surface area contributed by atoms with E-state index in [1.807, 2.05) is 6.07 Å². The number of carboxylic acids is 1. The number of amides is 1. The monoisotopic (exact) mass is 385 g/mol. The second-order valence-electron chi connectivity index (χ2n) is 6.42. The zero-order valence-electron chi connectivity index (χ0n) is 15.5. The van der Waals surface area contributed by atoms with Crippen molar-refractivity contribution in [2.45, 2.75) is 25.8 Å². The van der Waals surface area contributed by atoms with Crippen LogP contribution in [0.5, 0.6) is 0 Å². The van der Waals surface area contributed by atoms with Crippen molar-refractivity contribution in [2.24, 2.45) is 5.92 Å². The number of aliphatic carboxylic acids is 1. The summed E-state index contributed by atoms with van der Waals surface area (Å²) in [6.45, 7) is 2.08. The molecule has 0 radical (unpaired) electrons. The van der Waals surface area contributed by atoms with Crippen LogP contribution < -0.4 is 10.6 Å². The summed E-state index contributed by atoms with van der Waals surface area (Å²) >= 11 is 0. The van der Waals surface area contributed by atoms with Crippen LogP contribution in [0, 0.1) is 16.0 Å². The highest BCUT2D eigenvalue weighted by molar-refractivity contribution is 5.78. The molecule has 2 aromatic carbocycles. The topological polar surface area (TPSA) is 122 Å². The van der Waals surface area contributed by atoms with Crippen LogP contribution in [-0.2, 0) is 9.59 Å². The van der Waals surface area contributed by atoms with E-state index in [0.29, 0.717) is 13.0 Å². The predicted octanol–water partition coefficient (Wildman–Crippen LogP) is 3.37. The van der Waals surface area contributed by atoms with Crippen LogP contribution in [0.25, 0.3) is 0 Å². The fourth-order valence-electron chi connectivity index (χ4n) is 2.73. The van der Waals surface area contributed by atoms with Crippen LogP contribution in [0.3, 0.4) is 0 Å². The van der Waals surface area contributed by atoms with Gasteiger partial charge in [0.25, 0.3) is 5.69 Å². The van der Waals surface area contributed by atoms with Gasteiger partial charge in [-0.15, -0.1) is 0 Å². The van der Waals surface area contributed by atoms with Crippen molar-refractivity contribution < 1.29 is 19.6 Å². The van der Waals surface area contributed by atoms with Crippen molar-refractivity contribution in [2.75, 3.05) is 11.9 Å². The molecule has 8 heteroatoms. The lowest BCUT2D eigenvalue weighted by Gasteiger charge is -2.23. The lowest BCUT2D eigenvalue weighted by atomic mass is 9.94. The third-order valence-electron chi connectivity index (χ3n) is 4.35. The molecule has 0 saturated carbocycles. The standard InChI is InChI=1S/C20H23N3O5/c1-14(20(25)26)19(15-6-3-2-4-7-15)22-18(24)8-5-13-21-16-9-11-17(12-10-16)23(27)28/h2-4,6-7,9-12,14,19,21H,5,8,13H2,1H3,(H,22,24)(H,25,26). The Bertz CT molecular complexity index is 808. The van der Waals surface area contributed by atoms with E-state index in [0.717, 1.165) is 11.3 Å². The first kappa shape index (κ1) is 20.9. The van der Waals surface area contributed by atoms with Crippen LogP contribution in [0.4, 0.5) is 11.4 Å². The molecule has 0 saturated heterocycles. The lowest BCUT2D eigenvalue weighted by molar-refractivity contribution is -0.384. The van der Waals surface area contributed by atoms with Crippen LogP contribution in [0.15, 0.2) is 54.6 Å². The molecule has 28 heavy (non-hydrogen) atoms. The molecular formula is C20H23N3O5. The Morgan fingerprint density at radius 3 is 2.32 bits per heavy atom. The summed E-state index contributed by atoms with van der Waals surface area (Å²) in [5.41, 5.74) is 1.49. The number of carboxylic acid groups (broad SMARTS) is 1. The number of hydrogen-bond acceptors (Lipinski definition) is 5. The Morgan fingerprint density at radius 1 is 1.11 bits per heavy atom. The number of benzene rings is 2. The molecule has 0 heterocycles. The molecular weight excluding hydrogens is 362 g/mol. The third-order valence-corrected chi connectivity index (χ3v) is 4.35. The summed E-state index contributed by atoms with van der Waals surface area (Å²) in [6.07, 6.45) is 0.765. The van der Waals surface area contributed by atoms with Crippen molar-refractivity contribution >= 4 is 23.3 Å². The molecule has 0 spiro atoms. The molecule has 0 aliphatic heterocycles. The van der Waals surface area contributed by atoms with E-state index in [4.69, 9.17) is 0 Å². The van der Waals surface area contributed by atoms with Crippen molar-refractivity contribution in [1.29, 1.82) is 0 Å².